The lowest BCUT2D eigenvalue weighted by atomic mass is 9.94. The minimum Gasteiger partial charge on any atom is -0.390 e. The third-order valence-electron chi connectivity index (χ3n) is 3.29. The maximum absolute atomic E-state index is 11.8. The monoisotopic (exact) mass is 304 g/mol. The molecule has 4 N–H and O–H groups in total. The molecule has 0 fully saturated rings. The topological polar surface area (TPSA) is 92.4 Å². The molecule has 20 heavy (non-hydrogen) atoms. The Morgan fingerprint density at radius 1 is 1.45 bits per heavy atom. The number of hydrogen-bond donors (Lipinski definition) is 3. The molecule has 5 nitrogen and oxygen atoms in total. The van der Waals surface area contributed by atoms with Crippen LogP contribution in [0.25, 0.3) is 0 Å². The maximum Gasteiger partial charge on any atom is 0.232 e. The predicted octanol–water partition coefficient (Wildman–Crippen LogP) is 1.18. The van der Waals surface area contributed by atoms with E-state index < -0.39 is 29.9 Å². The Morgan fingerprint density at radius 3 is 2.50 bits per heavy atom. The summed E-state index contributed by atoms with van der Waals surface area (Å²) in [5.74, 6) is -1.79. The zero-order valence-electron chi connectivity index (χ0n) is 12.1. The molecule has 116 valence electrons. The fourth-order valence-corrected chi connectivity index (χ4v) is 2.03. The van der Waals surface area contributed by atoms with E-state index in [1.165, 1.54) is 6.92 Å². The van der Waals surface area contributed by atoms with Crippen molar-refractivity contribution in [3.05, 3.63) is 12.7 Å². The molecule has 0 saturated carbocycles. The van der Waals surface area contributed by atoms with Gasteiger partial charge >= 0.3 is 0 Å². The van der Waals surface area contributed by atoms with Gasteiger partial charge in [0.25, 0.3) is 0 Å². The van der Waals surface area contributed by atoms with Crippen molar-refractivity contribution in [3.63, 3.8) is 0 Å². The Balaban J connectivity index is 4.60. The highest BCUT2D eigenvalue weighted by atomic mass is 35.5. The molecule has 0 aromatic rings. The zero-order chi connectivity index (χ0) is 15.7. The molecule has 4 atom stereocenters. The van der Waals surface area contributed by atoms with Crippen molar-refractivity contribution in [2.24, 2.45) is 17.6 Å². The molecule has 0 aliphatic rings. The van der Waals surface area contributed by atoms with Crippen molar-refractivity contribution in [3.8, 4) is 0 Å². The molecule has 0 aromatic carbocycles. The summed E-state index contributed by atoms with van der Waals surface area (Å²) >= 11 is 5.65. The Bertz CT molecular complexity index is 336. The molecule has 0 aliphatic heterocycles. The predicted molar refractivity (Wildman–Crippen MR) is 80.2 cm³/mol. The Kier molecular flexibility index (Phi) is 9.25. The minimum atomic E-state index is -0.927. The van der Waals surface area contributed by atoms with Gasteiger partial charge in [0.2, 0.25) is 11.8 Å². The highest BCUT2D eigenvalue weighted by Gasteiger charge is 2.26. The van der Waals surface area contributed by atoms with Gasteiger partial charge in [0, 0.05) is 0 Å². The van der Waals surface area contributed by atoms with Crippen LogP contribution in [0.3, 0.4) is 0 Å². The van der Waals surface area contributed by atoms with Crippen LogP contribution in [0.4, 0.5) is 0 Å². The van der Waals surface area contributed by atoms with Crippen LogP contribution in [-0.2, 0) is 9.59 Å². The number of nitrogens with two attached hydrogens (primary N) is 1. The smallest absolute Gasteiger partial charge is 0.232 e. The van der Waals surface area contributed by atoms with Crippen LogP contribution in [0, 0.1) is 11.8 Å². The number of carbonyl (C=O) groups is 2. The van der Waals surface area contributed by atoms with Crippen molar-refractivity contribution in [1.29, 1.82) is 0 Å². The van der Waals surface area contributed by atoms with E-state index in [0.717, 1.165) is 12.8 Å². The Morgan fingerprint density at radius 2 is 2.05 bits per heavy atom. The lowest BCUT2D eigenvalue weighted by Gasteiger charge is -2.26. The number of carbonyl (C=O) groups excluding carboxylic acids is 2. The first-order valence-electron chi connectivity index (χ1n) is 6.78. The van der Waals surface area contributed by atoms with Gasteiger partial charge < -0.3 is 16.2 Å². The fourth-order valence-electron chi connectivity index (χ4n) is 1.81. The van der Waals surface area contributed by atoms with Crippen LogP contribution in [0.1, 0.15) is 33.1 Å². The highest BCUT2D eigenvalue weighted by Crippen LogP contribution is 2.16. The van der Waals surface area contributed by atoms with E-state index in [1.807, 2.05) is 13.0 Å². The molecule has 0 saturated heterocycles. The highest BCUT2D eigenvalue weighted by molar-refractivity contribution is 6.18. The van der Waals surface area contributed by atoms with Gasteiger partial charge in [-0.1, -0.05) is 13.0 Å². The molecule has 0 heterocycles. The van der Waals surface area contributed by atoms with Gasteiger partial charge in [-0.05, 0) is 32.1 Å². The SMILES string of the molecule is C=CCC[C@@H](C)CC(NC(=O)[C@@H](C)C(N)=O)C(O)CCl. The first-order chi connectivity index (χ1) is 9.33. The molecule has 0 aliphatic carbocycles. The summed E-state index contributed by atoms with van der Waals surface area (Å²) in [4.78, 5) is 22.8. The van der Waals surface area contributed by atoms with Crippen LogP contribution >= 0.6 is 11.6 Å². The van der Waals surface area contributed by atoms with Crippen molar-refractivity contribution >= 4 is 23.4 Å². The first kappa shape index (κ1) is 18.9. The summed E-state index contributed by atoms with van der Waals surface area (Å²) in [6.45, 7) is 7.12. The van der Waals surface area contributed by atoms with E-state index >= 15 is 0 Å². The lowest BCUT2D eigenvalue weighted by molar-refractivity contribution is -0.133. The van der Waals surface area contributed by atoms with E-state index in [1.54, 1.807) is 0 Å². The second-order valence-electron chi connectivity index (χ2n) is 5.17. The zero-order valence-corrected chi connectivity index (χ0v) is 12.9. The summed E-state index contributed by atoms with van der Waals surface area (Å²) in [6, 6.07) is -0.485. The van der Waals surface area contributed by atoms with Crippen molar-refractivity contribution in [2.75, 3.05) is 5.88 Å². The van der Waals surface area contributed by atoms with Crippen molar-refractivity contribution in [1.82, 2.24) is 5.32 Å². The third-order valence-corrected chi connectivity index (χ3v) is 3.61. The summed E-state index contributed by atoms with van der Waals surface area (Å²) in [6.07, 6.45) is 3.34. The van der Waals surface area contributed by atoms with Gasteiger partial charge in [-0.3, -0.25) is 9.59 Å². The average Bonchev–Trinajstić information content (AvgIpc) is 2.42. The van der Waals surface area contributed by atoms with Crippen LogP contribution in [0.15, 0.2) is 12.7 Å². The molecule has 2 amide bonds. The molecular weight excluding hydrogens is 280 g/mol. The second kappa shape index (κ2) is 9.77. The molecule has 0 rings (SSSR count). The Labute approximate surface area is 125 Å². The van der Waals surface area contributed by atoms with E-state index in [-0.39, 0.29) is 5.88 Å². The molecule has 0 radical (unpaired) electrons. The molecule has 6 heteroatoms. The van der Waals surface area contributed by atoms with Gasteiger partial charge in [0.05, 0.1) is 18.0 Å². The van der Waals surface area contributed by atoms with Gasteiger partial charge in [0.15, 0.2) is 0 Å². The second-order valence-corrected chi connectivity index (χ2v) is 5.48. The standard InChI is InChI=1S/C14H25ClN2O3/c1-4-5-6-9(2)7-11(12(18)8-15)17-14(20)10(3)13(16)19/h4,9-12,18H,1,5-8H2,2-3H3,(H2,16,19)(H,17,20)/t9-,10+,11?,12?/m1/s1. The molecule has 0 aromatic heterocycles. The van der Waals surface area contributed by atoms with Gasteiger partial charge in [0.1, 0.15) is 5.92 Å². The summed E-state index contributed by atoms with van der Waals surface area (Å²) < 4.78 is 0. The molecular formula is C14H25ClN2O3. The number of amides is 2. The van der Waals surface area contributed by atoms with Gasteiger partial charge in [-0.2, -0.15) is 0 Å². The fraction of sp³-hybridized carbons (Fsp3) is 0.714. The molecule has 2 unspecified atom stereocenters. The molecule has 0 bridgehead atoms. The number of nitrogens with one attached hydrogen (secondary N) is 1. The molecule has 0 spiro atoms. The Hall–Kier alpha value is -1.07. The average molecular weight is 305 g/mol. The van der Waals surface area contributed by atoms with Crippen LogP contribution < -0.4 is 11.1 Å². The van der Waals surface area contributed by atoms with E-state index in [0.29, 0.717) is 12.3 Å². The third kappa shape index (κ3) is 6.91. The number of aliphatic hydroxyl groups is 1. The number of allylic oxidation sites excluding steroid dienone is 1. The minimum absolute atomic E-state index is 0.0179. The quantitative estimate of drug-likeness (QED) is 0.321. The number of aliphatic hydroxyl groups excluding tert-OH is 1. The van der Waals surface area contributed by atoms with Crippen LogP contribution in [0.2, 0.25) is 0 Å². The first-order valence-corrected chi connectivity index (χ1v) is 7.31. The van der Waals surface area contributed by atoms with Gasteiger partial charge in [-0.25, -0.2) is 0 Å². The number of halogens is 1. The van der Waals surface area contributed by atoms with Crippen molar-refractivity contribution < 1.29 is 14.7 Å². The summed E-state index contributed by atoms with van der Waals surface area (Å²) in [5, 5.41) is 12.5. The van der Waals surface area contributed by atoms with E-state index in [4.69, 9.17) is 17.3 Å². The van der Waals surface area contributed by atoms with Gasteiger partial charge in [-0.15, -0.1) is 18.2 Å². The van der Waals surface area contributed by atoms with E-state index in [2.05, 4.69) is 11.9 Å². The van der Waals surface area contributed by atoms with Crippen LogP contribution in [0.5, 0.6) is 0 Å². The lowest BCUT2D eigenvalue weighted by Crippen LogP contribution is -2.48. The van der Waals surface area contributed by atoms with Crippen LogP contribution in [-0.4, -0.2) is 34.9 Å². The number of rotatable bonds is 10. The summed E-state index contributed by atoms with van der Waals surface area (Å²) in [5.41, 5.74) is 5.09. The maximum atomic E-state index is 11.8. The van der Waals surface area contributed by atoms with Crippen molar-refractivity contribution in [2.45, 2.75) is 45.3 Å². The normalized spacial score (nSPS) is 16.8. The van der Waals surface area contributed by atoms with E-state index in [9.17, 15) is 14.7 Å². The number of hydrogen-bond acceptors (Lipinski definition) is 3. The largest absolute Gasteiger partial charge is 0.390 e. The summed E-state index contributed by atoms with van der Waals surface area (Å²) in [7, 11) is 0. The number of alkyl halides is 1. The number of primary amides is 1.